The van der Waals surface area contributed by atoms with Crippen molar-refractivity contribution >= 4 is 11.6 Å². The van der Waals surface area contributed by atoms with Gasteiger partial charge in [0.1, 0.15) is 42.8 Å². The number of fused-ring (bicyclic) bond motifs is 1. The van der Waals surface area contributed by atoms with Crippen LogP contribution in [0, 0.1) is 6.92 Å². The fourth-order valence-corrected chi connectivity index (χ4v) is 4.53. The van der Waals surface area contributed by atoms with Crippen LogP contribution >= 0.6 is 11.6 Å². The quantitative estimate of drug-likeness (QED) is 0.155. The van der Waals surface area contributed by atoms with Gasteiger partial charge in [-0.25, -0.2) is 17.6 Å². The topological polar surface area (TPSA) is 86.6 Å². The number of hydrogen-bond donors (Lipinski definition) is 2. The Morgan fingerprint density at radius 3 is 1.32 bits per heavy atom. The van der Waals surface area contributed by atoms with Gasteiger partial charge in [-0.1, -0.05) is 90.0 Å². The summed E-state index contributed by atoms with van der Waals surface area (Å²) in [7, 11) is 3.17. The second-order valence-electron chi connectivity index (χ2n) is 12.4. The lowest BCUT2D eigenvalue weighted by Crippen LogP contribution is -2.14. The predicted molar refractivity (Wildman–Crippen MR) is 226 cm³/mol. The van der Waals surface area contributed by atoms with E-state index in [0.29, 0.717) is 36.3 Å². The van der Waals surface area contributed by atoms with E-state index in [1.807, 2.05) is 84.9 Å². The van der Waals surface area contributed by atoms with Gasteiger partial charge in [0.2, 0.25) is 0 Å². The summed E-state index contributed by atoms with van der Waals surface area (Å²) in [6.45, 7) is 5.54. The van der Waals surface area contributed by atoms with E-state index in [9.17, 15) is 17.6 Å². The molecule has 0 unspecified atom stereocenters. The number of phenolic OH excluding ortho intramolecular Hbond substituents is 1. The van der Waals surface area contributed by atoms with E-state index in [1.54, 1.807) is 31.4 Å². The molecule has 2 N–H and O–H groups in total. The zero-order chi connectivity index (χ0) is 43.5. The van der Waals surface area contributed by atoms with Gasteiger partial charge in [-0.3, -0.25) is 0 Å². The number of halogens is 5. The van der Waals surface area contributed by atoms with Crippen LogP contribution in [0.1, 0.15) is 30.5 Å². The minimum Gasteiger partial charge on any atom is -0.508 e. The molecule has 6 aromatic rings. The molecular weight excluding hydrogens is 788 g/mol. The summed E-state index contributed by atoms with van der Waals surface area (Å²) in [6.07, 6.45) is 0. The zero-order valence-corrected chi connectivity index (χ0v) is 34.4. The molecule has 7 rings (SSSR count). The van der Waals surface area contributed by atoms with Crippen LogP contribution in [0.15, 0.2) is 158 Å². The molecule has 0 amide bonds. The molecule has 6 aromatic carbocycles. The Morgan fingerprint density at radius 2 is 0.949 bits per heavy atom. The van der Waals surface area contributed by atoms with E-state index in [0.717, 1.165) is 36.8 Å². The first kappa shape index (κ1) is 49.2. The second kappa shape index (κ2) is 26.9. The van der Waals surface area contributed by atoms with Gasteiger partial charge in [0.15, 0.2) is 11.5 Å². The van der Waals surface area contributed by atoms with Crippen molar-refractivity contribution in [3.8, 4) is 34.5 Å². The van der Waals surface area contributed by atoms with Crippen LogP contribution in [0.25, 0.3) is 0 Å². The van der Waals surface area contributed by atoms with E-state index in [2.05, 4.69) is 6.92 Å². The standard InChI is InChI=1S/C9H10F2O.C8H7ClF2.C8H8O2.C8H10O2.C8H10O.C6H6O/c1-9(10,11)7-3-5-8(12-2)6-4-7;1-8(10,11)6-2-4-7(9)5-3-6;1-2-4-8-7(3-1)9-5-6-10-8;9-6-7-10-8-4-2-1-3-5-8;1-7-3-5-8(9-2)6-4-7;7-6-4-2-1-3-5-6/h3-6H,1-2H3;2-5H,1H3;1-4H,5-6H2;1-5,9H,6-7H2;3-6H,1-2H3;1-5,7H. The number of ether oxygens (including phenoxy) is 5. The number of aliphatic hydroxyl groups excluding tert-OH is 1. The van der Waals surface area contributed by atoms with Crippen LogP contribution in [0.5, 0.6) is 34.5 Å². The van der Waals surface area contributed by atoms with E-state index >= 15 is 0 Å². The van der Waals surface area contributed by atoms with Crippen LogP contribution in [0.4, 0.5) is 17.6 Å². The zero-order valence-electron chi connectivity index (χ0n) is 33.7. The van der Waals surface area contributed by atoms with E-state index in [-0.39, 0.29) is 17.7 Å². The summed E-state index contributed by atoms with van der Waals surface area (Å²) in [4.78, 5) is 0. The maximum Gasteiger partial charge on any atom is 0.270 e. The highest BCUT2D eigenvalue weighted by Crippen LogP contribution is 2.29. The Kier molecular flexibility index (Phi) is 22.5. The summed E-state index contributed by atoms with van der Waals surface area (Å²) >= 11 is 5.52. The number of alkyl halides is 4. The number of benzene rings is 6. The van der Waals surface area contributed by atoms with E-state index < -0.39 is 11.8 Å². The molecule has 0 fully saturated rings. The fraction of sp³-hybridized carbons (Fsp3) is 0.234. The van der Waals surface area contributed by atoms with Crippen LogP contribution < -0.4 is 23.7 Å². The van der Waals surface area contributed by atoms with Gasteiger partial charge in [0, 0.05) is 30.0 Å². The molecule has 1 aliphatic rings. The maximum atomic E-state index is 12.6. The normalized spacial score (nSPS) is 11.0. The molecule has 0 aliphatic carbocycles. The Bertz CT molecular complexity index is 1930. The second-order valence-corrected chi connectivity index (χ2v) is 12.8. The third kappa shape index (κ3) is 21.4. The molecule has 0 spiro atoms. The highest BCUT2D eigenvalue weighted by molar-refractivity contribution is 6.30. The molecule has 12 heteroatoms. The van der Waals surface area contributed by atoms with Gasteiger partial charge >= 0.3 is 0 Å². The smallest absolute Gasteiger partial charge is 0.270 e. The summed E-state index contributed by atoms with van der Waals surface area (Å²) in [6, 6.07) is 45.1. The van der Waals surface area contributed by atoms with Crippen LogP contribution in [0.2, 0.25) is 5.02 Å². The Labute approximate surface area is 349 Å². The number of para-hydroxylation sites is 4. The molecule has 0 atom stereocenters. The van der Waals surface area contributed by atoms with Crippen molar-refractivity contribution in [2.75, 3.05) is 40.6 Å². The van der Waals surface area contributed by atoms with Gasteiger partial charge in [-0.05, 0) is 91.9 Å². The van der Waals surface area contributed by atoms with Gasteiger partial charge in [-0.2, -0.15) is 0 Å². The lowest BCUT2D eigenvalue weighted by atomic mass is 10.1. The summed E-state index contributed by atoms with van der Waals surface area (Å²) < 4.78 is 75.9. The summed E-state index contributed by atoms with van der Waals surface area (Å²) in [5.41, 5.74) is 1.25. The largest absolute Gasteiger partial charge is 0.508 e. The number of aryl methyl sites for hydroxylation is 1. The highest BCUT2D eigenvalue weighted by Gasteiger charge is 2.24. The predicted octanol–water partition coefficient (Wildman–Crippen LogP) is 12.2. The SMILES string of the molecule is CC(F)(F)c1ccc(Cl)cc1.COc1ccc(C(C)(F)F)cc1.COc1ccc(C)cc1.OCCOc1ccccc1.Oc1ccccc1.c1ccc2c(c1)OCCO2. The Balaban J connectivity index is 0.000000246. The fourth-order valence-electron chi connectivity index (χ4n) is 4.40. The number of methoxy groups -OCH3 is 2. The van der Waals surface area contributed by atoms with Crippen LogP contribution in [-0.4, -0.2) is 50.9 Å². The monoisotopic (exact) mass is 838 g/mol. The molecule has 7 nitrogen and oxygen atoms in total. The van der Waals surface area contributed by atoms with Crippen molar-refractivity contribution in [1.82, 2.24) is 0 Å². The molecule has 0 radical (unpaired) electrons. The average Bonchev–Trinajstić information content (AvgIpc) is 3.24. The first-order valence-electron chi connectivity index (χ1n) is 18.3. The van der Waals surface area contributed by atoms with Gasteiger partial charge in [0.05, 0.1) is 20.8 Å². The maximum absolute atomic E-state index is 12.6. The first-order chi connectivity index (χ1) is 28.2. The van der Waals surface area contributed by atoms with Crippen molar-refractivity contribution in [2.45, 2.75) is 32.6 Å². The number of phenols is 1. The van der Waals surface area contributed by atoms with E-state index in [4.69, 9.17) is 45.5 Å². The number of hydrogen-bond acceptors (Lipinski definition) is 7. The van der Waals surface area contributed by atoms with Gasteiger partial charge in [0.25, 0.3) is 11.8 Å². The third-order valence-electron chi connectivity index (χ3n) is 7.51. The molecule has 0 aromatic heterocycles. The minimum atomic E-state index is -2.77. The van der Waals surface area contributed by atoms with E-state index in [1.165, 1.54) is 61.2 Å². The lowest BCUT2D eigenvalue weighted by Gasteiger charge is -2.17. The Hall–Kier alpha value is -5.91. The third-order valence-corrected chi connectivity index (χ3v) is 7.76. The molecule has 1 aliphatic heterocycles. The van der Waals surface area contributed by atoms with Crippen LogP contribution in [0.3, 0.4) is 0 Å². The van der Waals surface area contributed by atoms with Crippen molar-refractivity contribution in [1.29, 1.82) is 0 Å². The average molecular weight is 839 g/mol. The van der Waals surface area contributed by atoms with Gasteiger partial charge in [-0.15, -0.1) is 0 Å². The van der Waals surface area contributed by atoms with Crippen molar-refractivity contribution in [2.24, 2.45) is 0 Å². The highest BCUT2D eigenvalue weighted by atomic mass is 35.5. The van der Waals surface area contributed by atoms with Crippen molar-refractivity contribution in [3.05, 3.63) is 179 Å². The molecule has 1 heterocycles. The molecule has 316 valence electrons. The molecule has 0 saturated carbocycles. The van der Waals surface area contributed by atoms with Crippen molar-refractivity contribution in [3.63, 3.8) is 0 Å². The van der Waals surface area contributed by atoms with Crippen LogP contribution in [-0.2, 0) is 11.8 Å². The van der Waals surface area contributed by atoms with Gasteiger partial charge < -0.3 is 33.9 Å². The number of aromatic hydroxyl groups is 1. The number of aliphatic hydroxyl groups is 1. The number of rotatable bonds is 7. The Morgan fingerprint density at radius 1 is 0.559 bits per heavy atom. The molecule has 0 bridgehead atoms. The summed E-state index contributed by atoms with van der Waals surface area (Å²) in [5.74, 6) is -1.21. The molecule has 0 saturated heterocycles. The minimum absolute atomic E-state index is 0.00306. The molecule has 59 heavy (non-hydrogen) atoms. The lowest BCUT2D eigenvalue weighted by molar-refractivity contribution is 0.0168. The summed E-state index contributed by atoms with van der Waals surface area (Å²) in [5, 5.41) is 17.5. The first-order valence-corrected chi connectivity index (χ1v) is 18.7. The van der Waals surface area contributed by atoms with Crippen molar-refractivity contribution < 1.29 is 51.5 Å². The molecular formula is C47H51ClF4O7.